The standard InChI is InChI=1S/C12H14F3N3O3/c1-11(9(19)20,12(13,14)15)17-10(21)18(2)7-8-3-5-16-6-4-8/h3-6H,7H2,1-2H3,(H,17,21)(H,19,20). The largest absolute Gasteiger partial charge is 0.479 e. The molecule has 21 heavy (non-hydrogen) atoms. The van der Waals surface area contributed by atoms with Crippen LogP contribution in [0.15, 0.2) is 24.5 Å². The molecule has 1 aromatic rings. The van der Waals surface area contributed by atoms with Gasteiger partial charge < -0.3 is 15.3 Å². The number of rotatable bonds is 4. The van der Waals surface area contributed by atoms with Crippen molar-refractivity contribution in [2.24, 2.45) is 0 Å². The van der Waals surface area contributed by atoms with Crippen LogP contribution in [0.3, 0.4) is 0 Å². The van der Waals surface area contributed by atoms with Crippen LogP contribution in [-0.2, 0) is 11.3 Å². The Morgan fingerprint density at radius 1 is 1.33 bits per heavy atom. The Morgan fingerprint density at radius 2 is 1.86 bits per heavy atom. The minimum atomic E-state index is -5.12. The Bertz CT molecular complexity index is 521. The third-order valence-electron chi connectivity index (χ3n) is 2.87. The summed E-state index contributed by atoms with van der Waals surface area (Å²) in [6.45, 7) is 0.412. The number of carbonyl (C=O) groups excluding carboxylic acids is 1. The van der Waals surface area contributed by atoms with E-state index < -0.39 is 23.7 Å². The molecule has 1 atom stereocenters. The number of aromatic nitrogens is 1. The van der Waals surface area contributed by atoms with Gasteiger partial charge in [0.2, 0.25) is 5.54 Å². The highest BCUT2D eigenvalue weighted by Crippen LogP contribution is 2.30. The molecule has 116 valence electrons. The first-order valence-corrected chi connectivity index (χ1v) is 5.80. The first-order chi connectivity index (χ1) is 9.58. The molecule has 1 heterocycles. The summed E-state index contributed by atoms with van der Waals surface area (Å²) in [5, 5.41) is 10.2. The van der Waals surface area contributed by atoms with Crippen molar-refractivity contribution < 1.29 is 27.9 Å². The Morgan fingerprint density at radius 3 is 2.29 bits per heavy atom. The summed E-state index contributed by atoms with van der Waals surface area (Å²) in [5.41, 5.74) is -2.71. The average molecular weight is 305 g/mol. The molecule has 6 nitrogen and oxygen atoms in total. The highest BCUT2D eigenvalue weighted by atomic mass is 19.4. The van der Waals surface area contributed by atoms with Crippen LogP contribution < -0.4 is 5.32 Å². The van der Waals surface area contributed by atoms with Gasteiger partial charge in [-0.1, -0.05) is 0 Å². The number of hydrogen-bond donors (Lipinski definition) is 2. The number of carboxylic acid groups (broad SMARTS) is 1. The normalized spacial score (nSPS) is 14.1. The summed E-state index contributed by atoms with van der Waals surface area (Å²) in [6, 6.07) is 2.03. The molecule has 0 fully saturated rings. The second-order valence-electron chi connectivity index (χ2n) is 4.57. The highest BCUT2D eigenvalue weighted by Gasteiger charge is 2.58. The van der Waals surface area contributed by atoms with Crippen molar-refractivity contribution in [1.82, 2.24) is 15.2 Å². The molecule has 2 amide bonds. The van der Waals surface area contributed by atoms with E-state index in [-0.39, 0.29) is 6.54 Å². The van der Waals surface area contributed by atoms with Crippen LogP contribution in [0.4, 0.5) is 18.0 Å². The molecule has 0 saturated heterocycles. The van der Waals surface area contributed by atoms with Gasteiger partial charge in [0, 0.05) is 26.0 Å². The lowest BCUT2D eigenvalue weighted by Gasteiger charge is -2.30. The zero-order valence-electron chi connectivity index (χ0n) is 11.3. The minimum absolute atomic E-state index is 0.0158. The van der Waals surface area contributed by atoms with Crippen molar-refractivity contribution in [1.29, 1.82) is 0 Å². The van der Waals surface area contributed by atoms with Gasteiger partial charge >= 0.3 is 18.2 Å². The second-order valence-corrected chi connectivity index (χ2v) is 4.57. The third-order valence-corrected chi connectivity index (χ3v) is 2.87. The van der Waals surface area contributed by atoms with E-state index >= 15 is 0 Å². The van der Waals surface area contributed by atoms with Crippen LogP contribution in [0.2, 0.25) is 0 Å². The van der Waals surface area contributed by atoms with Crippen LogP contribution in [0.25, 0.3) is 0 Å². The van der Waals surface area contributed by atoms with Crippen LogP contribution in [0, 0.1) is 0 Å². The van der Waals surface area contributed by atoms with E-state index in [1.165, 1.54) is 24.8 Å². The number of hydrogen-bond acceptors (Lipinski definition) is 3. The van der Waals surface area contributed by atoms with E-state index in [0.717, 1.165) is 4.90 Å². The molecule has 0 aromatic carbocycles. The molecule has 0 aliphatic carbocycles. The fraction of sp³-hybridized carbons (Fsp3) is 0.417. The Labute approximate surface area is 118 Å². The first kappa shape index (κ1) is 16.7. The van der Waals surface area contributed by atoms with Gasteiger partial charge in [0.25, 0.3) is 0 Å². The van der Waals surface area contributed by atoms with Gasteiger partial charge in [-0.3, -0.25) is 4.98 Å². The lowest BCUT2D eigenvalue weighted by Crippen LogP contribution is -2.63. The number of amides is 2. The molecular weight excluding hydrogens is 291 g/mol. The monoisotopic (exact) mass is 305 g/mol. The van der Waals surface area contributed by atoms with Gasteiger partial charge in [-0.15, -0.1) is 0 Å². The predicted octanol–water partition coefficient (Wildman–Crippen LogP) is 1.63. The smallest absolute Gasteiger partial charge is 0.422 e. The molecule has 0 saturated carbocycles. The molecule has 1 aromatic heterocycles. The van der Waals surface area contributed by atoms with Crippen LogP contribution in [-0.4, -0.2) is 45.8 Å². The highest BCUT2D eigenvalue weighted by molar-refractivity contribution is 5.86. The number of carboxylic acids is 1. The average Bonchev–Trinajstić information content (AvgIpc) is 2.38. The molecule has 1 rings (SSSR count). The number of carbonyl (C=O) groups is 2. The van der Waals surface area contributed by atoms with E-state index in [2.05, 4.69) is 4.98 Å². The number of nitrogens with one attached hydrogen (secondary N) is 1. The van der Waals surface area contributed by atoms with Crippen molar-refractivity contribution in [3.63, 3.8) is 0 Å². The lowest BCUT2D eigenvalue weighted by atomic mass is 10.0. The van der Waals surface area contributed by atoms with E-state index in [1.807, 2.05) is 0 Å². The Kier molecular flexibility index (Phi) is 4.77. The Balaban J connectivity index is 2.81. The van der Waals surface area contributed by atoms with Gasteiger partial charge in [0.15, 0.2) is 0 Å². The molecule has 0 aliphatic rings. The van der Waals surface area contributed by atoms with Gasteiger partial charge in [-0.2, -0.15) is 13.2 Å². The molecule has 1 unspecified atom stereocenters. The molecule has 0 bridgehead atoms. The summed E-state index contributed by atoms with van der Waals surface area (Å²) in [5.74, 6) is -2.18. The lowest BCUT2D eigenvalue weighted by molar-refractivity contribution is -0.203. The zero-order valence-corrected chi connectivity index (χ0v) is 11.3. The van der Waals surface area contributed by atoms with E-state index in [1.54, 1.807) is 12.1 Å². The number of aliphatic carboxylic acids is 1. The van der Waals surface area contributed by atoms with Crippen molar-refractivity contribution in [2.75, 3.05) is 7.05 Å². The van der Waals surface area contributed by atoms with E-state index in [9.17, 15) is 22.8 Å². The molecule has 9 heteroatoms. The summed E-state index contributed by atoms with van der Waals surface area (Å²) in [7, 11) is 1.26. The van der Waals surface area contributed by atoms with E-state index in [0.29, 0.717) is 12.5 Å². The maximum atomic E-state index is 12.8. The zero-order chi connectivity index (χ0) is 16.3. The molecule has 2 N–H and O–H groups in total. The predicted molar refractivity (Wildman–Crippen MR) is 66.3 cm³/mol. The molecule has 0 spiro atoms. The van der Waals surface area contributed by atoms with Gasteiger partial charge in [0.1, 0.15) is 0 Å². The first-order valence-electron chi connectivity index (χ1n) is 5.80. The maximum Gasteiger partial charge on any atom is 0.422 e. The summed E-state index contributed by atoms with van der Waals surface area (Å²) < 4.78 is 38.4. The maximum absolute atomic E-state index is 12.8. The van der Waals surface area contributed by atoms with Gasteiger partial charge in [0.05, 0.1) is 0 Å². The van der Waals surface area contributed by atoms with Crippen molar-refractivity contribution in [2.45, 2.75) is 25.2 Å². The second kappa shape index (κ2) is 5.98. The third kappa shape index (κ3) is 3.83. The van der Waals surface area contributed by atoms with Crippen molar-refractivity contribution in [3.8, 4) is 0 Å². The quantitative estimate of drug-likeness (QED) is 0.885. The van der Waals surface area contributed by atoms with Gasteiger partial charge in [-0.05, 0) is 24.6 Å². The molecular formula is C12H14F3N3O3. The number of alkyl halides is 3. The number of halogens is 3. The van der Waals surface area contributed by atoms with E-state index in [4.69, 9.17) is 5.11 Å². The van der Waals surface area contributed by atoms with Crippen molar-refractivity contribution in [3.05, 3.63) is 30.1 Å². The Hall–Kier alpha value is -2.32. The van der Waals surface area contributed by atoms with Gasteiger partial charge in [-0.25, -0.2) is 9.59 Å². The van der Waals surface area contributed by atoms with Crippen LogP contribution in [0.1, 0.15) is 12.5 Å². The summed E-state index contributed by atoms with van der Waals surface area (Å²) in [4.78, 5) is 27.3. The van der Waals surface area contributed by atoms with Crippen molar-refractivity contribution >= 4 is 12.0 Å². The summed E-state index contributed by atoms with van der Waals surface area (Å²) in [6.07, 6.45) is -2.18. The topological polar surface area (TPSA) is 82.5 Å². The number of nitrogens with zero attached hydrogens (tertiary/aromatic N) is 2. The fourth-order valence-corrected chi connectivity index (χ4v) is 1.39. The van der Waals surface area contributed by atoms with Crippen LogP contribution >= 0.6 is 0 Å². The SMILES string of the molecule is CN(Cc1ccncc1)C(=O)NC(C)(C(=O)O)C(F)(F)F. The number of pyridine rings is 1. The molecule has 0 aliphatic heterocycles. The molecule has 0 radical (unpaired) electrons. The number of urea groups is 1. The minimum Gasteiger partial charge on any atom is -0.479 e. The summed E-state index contributed by atoms with van der Waals surface area (Å²) >= 11 is 0. The van der Waals surface area contributed by atoms with Crippen LogP contribution in [0.5, 0.6) is 0 Å². The fourth-order valence-electron chi connectivity index (χ4n) is 1.39.